The number of piperidine rings is 1. The zero-order valence-electron chi connectivity index (χ0n) is 20.0. The third-order valence-corrected chi connectivity index (χ3v) is 10.7. The Hall–Kier alpha value is -2.32. The van der Waals surface area contributed by atoms with Crippen molar-refractivity contribution >= 4 is 49.2 Å². The number of halogens is 4. The largest absolute Gasteiger partial charge is 0.416 e. The molecule has 2 aromatic carbocycles. The molecule has 1 aromatic heterocycles. The maximum atomic E-state index is 12.9. The molecule has 38 heavy (non-hydrogen) atoms. The van der Waals surface area contributed by atoms with Gasteiger partial charge >= 0.3 is 6.18 Å². The molecule has 0 bridgehead atoms. The first-order chi connectivity index (χ1) is 17.8. The van der Waals surface area contributed by atoms with Crippen LogP contribution in [0.4, 0.5) is 19.0 Å². The second-order valence-electron chi connectivity index (χ2n) is 8.57. The first-order valence-corrected chi connectivity index (χ1v) is 15.5. The Kier molecular flexibility index (Phi) is 8.34. The van der Waals surface area contributed by atoms with Crippen molar-refractivity contribution in [3.05, 3.63) is 70.9 Å². The number of anilines is 1. The van der Waals surface area contributed by atoms with Gasteiger partial charge in [0.05, 0.1) is 21.2 Å². The molecule has 1 aliphatic rings. The van der Waals surface area contributed by atoms with Crippen LogP contribution in [0.5, 0.6) is 0 Å². The van der Waals surface area contributed by atoms with Crippen molar-refractivity contribution in [2.75, 3.05) is 17.8 Å². The molecule has 0 unspecified atom stereocenters. The zero-order chi connectivity index (χ0) is 27.7. The van der Waals surface area contributed by atoms with E-state index in [2.05, 4.69) is 9.71 Å². The number of aromatic nitrogens is 1. The van der Waals surface area contributed by atoms with Crippen molar-refractivity contribution in [2.24, 2.45) is 0 Å². The van der Waals surface area contributed by atoms with Crippen LogP contribution in [0.1, 0.15) is 30.5 Å². The summed E-state index contributed by atoms with van der Waals surface area (Å²) < 4.78 is 93.5. The van der Waals surface area contributed by atoms with Gasteiger partial charge in [-0.1, -0.05) is 29.8 Å². The Balaban J connectivity index is 1.47. The Bertz CT molecular complexity index is 1540. The summed E-state index contributed by atoms with van der Waals surface area (Å²) >= 11 is 7.16. The molecular weight excluding hydrogens is 583 g/mol. The van der Waals surface area contributed by atoms with Gasteiger partial charge in [-0.25, -0.2) is 21.8 Å². The predicted molar refractivity (Wildman–Crippen MR) is 139 cm³/mol. The van der Waals surface area contributed by atoms with E-state index in [-0.39, 0.29) is 10.7 Å². The number of benzene rings is 2. The summed E-state index contributed by atoms with van der Waals surface area (Å²) in [4.78, 5) is 5.43. The van der Waals surface area contributed by atoms with E-state index in [1.165, 1.54) is 22.1 Å². The summed E-state index contributed by atoms with van der Waals surface area (Å²) in [6.45, 7) is 2.70. The van der Waals surface area contributed by atoms with E-state index in [0.717, 1.165) is 30.2 Å². The minimum Gasteiger partial charge on any atom is -0.263 e. The lowest BCUT2D eigenvalue weighted by atomic mass is 10.2. The number of alkyl halides is 3. The number of rotatable bonds is 7. The molecule has 3 aromatic rings. The highest BCUT2D eigenvalue weighted by Crippen LogP contribution is 2.35. The maximum Gasteiger partial charge on any atom is 0.416 e. The zero-order valence-corrected chi connectivity index (χ0v) is 23.2. The van der Waals surface area contributed by atoms with E-state index in [1.54, 1.807) is 37.3 Å². The number of hydrogen-bond acceptors (Lipinski definition) is 6. The molecule has 0 atom stereocenters. The Labute approximate surface area is 228 Å². The summed E-state index contributed by atoms with van der Waals surface area (Å²) in [6, 6.07) is 11.6. The molecule has 0 amide bonds. The first kappa shape index (κ1) is 28.7. The van der Waals surface area contributed by atoms with Gasteiger partial charge < -0.3 is 0 Å². The van der Waals surface area contributed by atoms with Gasteiger partial charge in [0, 0.05) is 22.9 Å². The minimum absolute atomic E-state index is 0.0363. The first-order valence-electron chi connectivity index (χ1n) is 11.4. The average Bonchev–Trinajstić information content (AvgIpc) is 2.85. The van der Waals surface area contributed by atoms with E-state index in [4.69, 9.17) is 11.6 Å². The van der Waals surface area contributed by atoms with E-state index in [1.807, 2.05) is 0 Å². The van der Waals surface area contributed by atoms with Gasteiger partial charge in [-0.05, 0) is 74.4 Å². The Morgan fingerprint density at radius 2 is 1.61 bits per heavy atom. The van der Waals surface area contributed by atoms with Crippen LogP contribution in [0.25, 0.3) is 0 Å². The number of hydrogen-bond donors (Lipinski definition) is 1. The Morgan fingerprint density at radius 3 is 2.18 bits per heavy atom. The molecule has 204 valence electrons. The van der Waals surface area contributed by atoms with E-state index in [0.29, 0.717) is 35.8 Å². The number of nitrogens with one attached hydrogen (secondary N) is 1. The van der Waals surface area contributed by atoms with Gasteiger partial charge in [0.2, 0.25) is 10.0 Å². The highest BCUT2D eigenvalue weighted by molar-refractivity contribution is 7.99. The van der Waals surface area contributed by atoms with Crippen LogP contribution in [-0.2, 0) is 26.2 Å². The van der Waals surface area contributed by atoms with Gasteiger partial charge in [-0.3, -0.25) is 4.72 Å². The smallest absolute Gasteiger partial charge is 0.263 e. The van der Waals surface area contributed by atoms with Gasteiger partial charge in [0.15, 0.2) is 0 Å². The third kappa shape index (κ3) is 6.45. The normalized spacial score (nSPS) is 15.4. The fraction of sp³-hybridized carbons (Fsp3) is 0.292. The molecule has 1 saturated heterocycles. The van der Waals surface area contributed by atoms with Gasteiger partial charge in [0.25, 0.3) is 10.0 Å². The van der Waals surface area contributed by atoms with Crippen LogP contribution < -0.4 is 4.72 Å². The van der Waals surface area contributed by atoms with Crippen LogP contribution in [0.3, 0.4) is 0 Å². The molecule has 1 fully saturated rings. The van der Waals surface area contributed by atoms with E-state index < -0.39 is 41.7 Å². The number of pyridine rings is 1. The molecule has 0 aliphatic carbocycles. The summed E-state index contributed by atoms with van der Waals surface area (Å²) in [5, 5.41) is -0.568. The molecule has 0 saturated carbocycles. The van der Waals surface area contributed by atoms with Crippen LogP contribution in [0.15, 0.2) is 74.2 Å². The van der Waals surface area contributed by atoms with Gasteiger partial charge in [-0.15, -0.1) is 0 Å². The monoisotopic (exact) mass is 605 g/mol. The van der Waals surface area contributed by atoms with Gasteiger partial charge in [0.1, 0.15) is 10.7 Å². The quantitative estimate of drug-likeness (QED) is 0.345. The highest BCUT2D eigenvalue weighted by Gasteiger charge is 2.32. The summed E-state index contributed by atoms with van der Waals surface area (Å²) in [6.07, 6.45) is -1.93. The lowest BCUT2D eigenvalue weighted by Gasteiger charge is -2.25. The number of sulfonamides is 2. The molecule has 7 nitrogen and oxygen atoms in total. The predicted octanol–water partition coefficient (Wildman–Crippen LogP) is 6.19. The fourth-order valence-corrected chi connectivity index (χ4v) is 7.78. The second-order valence-corrected chi connectivity index (χ2v) is 13.7. The molecule has 0 radical (unpaired) electrons. The van der Waals surface area contributed by atoms with E-state index in [9.17, 15) is 30.0 Å². The van der Waals surface area contributed by atoms with Crippen LogP contribution in [0, 0.1) is 6.92 Å². The van der Waals surface area contributed by atoms with Crippen LogP contribution in [0.2, 0.25) is 5.02 Å². The molecule has 2 heterocycles. The van der Waals surface area contributed by atoms with Crippen molar-refractivity contribution in [3.8, 4) is 0 Å². The van der Waals surface area contributed by atoms with Gasteiger partial charge in [-0.2, -0.15) is 17.5 Å². The molecular formula is C24H23ClF3N3O4S3. The molecule has 4 rings (SSSR count). The highest BCUT2D eigenvalue weighted by atomic mass is 35.5. The SMILES string of the molecule is Cc1nc(NS(=O)(=O)c2ccc(C(F)(F)F)cc2Cl)ccc1Sc1ccc(S(=O)(=O)N2CCCCC2)cc1. The van der Waals surface area contributed by atoms with Crippen molar-refractivity contribution in [2.45, 2.75) is 51.9 Å². The average molecular weight is 606 g/mol. The summed E-state index contributed by atoms with van der Waals surface area (Å²) in [7, 11) is -7.84. The topological polar surface area (TPSA) is 96.4 Å². The molecule has 0 spiro atoms. The van der Waals surface area contributed by atoms with Crippen molar-refractivity contribution in [3.63, 3.8) is 0 Å². The minimum atomic E-state index is -4.66. The van der Waals surface area contributed by atoms with E-state index >= 15 is 0 Å². The van der Waals surface area contributed by atoms with Crippen LogP contribution in [-0.4, -0.2) is 39.2 Å². The molecule has 14 heteroatoms. The van der Waals surface area contributed by atoms with Crippen molar-refractivity contribution < 1.29 is 30.0 Å². The summed E-state index contributed by atoms with van der Waals surface area (Å²) in [5.74, 6) is -0.0363. The summed E-state index contributed by atoms with van der Waals surface area (Å²) in [5.41, 5.74) is -0.576. The maximum absolute atomic E-state index is 12.9. The second kappa shape index (κ2) is 11.0. The third-order valence-electron chi connectivity index (χ3n) is 5.83. The fourth-order valence-electron chi connectivity index (χ4n) is 3.86. The molecule has 1 N–H and O–H groups in total. The standard InChI is InChI=1S/C24H23ClF3N3O4S3/c1-16-21(36-18-6-8-19(9-7-18)38(34,35)31-13-3-2-4-14-31)10-12-23(29-16)30-37(32,33)22-11-5-17(15-20(22)25)24(26,27)28/h5-12,15H,2-4,13-14H2,1H3,(H,29,30). The number of aryl methyl sites for hydroxylation is 1. The lowest BCUT2D eigenvalue weighted by Crippen LogP contribution is -2.35. The van der Waals surface area contributed by atoms with Crippen molar-refractivity contribution in [1.29, 1.82) is 0 Å². The Morgan fingerprint density at radius 1 is 0.947 bits per heavy atom. The van der Waals surface area contributed by atoms with Crippen molar-refractivity contribution in [1.82, 2.24) is 9.29 Å². The number of nitrogens with zero attached hydrogens (tertiary/aromatic N) is 2. The van der Waals surface area contributed by atoms with Crippen LogP contribution >= 0.6 is 23.4 Å². The lowest BCUT2D eigenvalue weighted by molar-refractivity contribution is -0.137. The molecule has 1 aliphatic heterocycles.